The number of benzene rings is 2. The van der Waals surface area contributed by atoms with Crippen molar-refractivity contribution in [2.24, 2.45) is 17.6 Å². The van der Waals surface area contributed by atoms with Gasteiger partial charge in [-0.1, -0.05) is 45.4 Å². The van der Waals surface area contributed by atoms with E-state index in [1.54, 1.807) is 24.3 Å². The largest absolute Gasteiger partial charge is 0.423 e. The van der Waals surface area contributed by atoms with Crippen LogP contribution < -0.4 is 15.2 Å². The molecule has 0 aliphatic rings. The Hall–Kier alpha value is -2.99. The molecule has 0 heterocycles. The molecule has 6 nitrogen and oxygen atoms in total. The molecule has 0 bridgehead atoms. The summed E-state index contributed by atoms with van der Waals surface area (Å²) in [5, 5.41) is 0. The number of esters is 2. The molecule has 160 valence electrons. The maximum Gasteiger partial charge on any atom is 0.343 e. The molecule has 0 aromatic heterocycles. The smallest absolute Gasteiger partial charge is 0.343 e. The topological polar surface area (TPSA) is 95.7 Å². The molecule has 2 N–H and O–H groups in total. The standard InChI is InChI=1S/C24H29NO5/c1-14(2)12-21(26)29-19-11-10-18(23(27)22(25)15(3)4)13-20(19)30-24(28)17-8-6-16(5)7-9-17/h6-11,13-15,22H,12,25H2,1-5H3. The number of carbonyl (C=O) groups excluding carboxylic acids is 3. The predicted molar refractivity (Wildman–Crippen MR) is 115 cm³/mol. The quantitative estimate of drug-likeness (QED) is 0.395. The van der Waals surface area contributed by atoms with Crippen molar-refractivity contribution in [2.45, 2.75) is 47.1 Å². The van der Waals surface area contributed by atoms with Crippen LogP contribution in [0.25, 0.3) is 0 Å². The summed E-state index contributed by atoms with van der Waals surface area (Å²) in [6, 6.07) is 10.6. The van der Waals surface area contributed by atoms with Gasteiger partial charge in [-0.3, -0.25) is 9.59 Å². The Morgan fingerprint density at radius 3 is 2.03 bits per heavy atom. The molecule has 0 fully saturated rings. The highest BCUT2D eigenvalue weighted by Crippen LogP contribution is 2.31. The Bertz CT molecular complexity index is 916. The van der Waals surface area contributed by atoms with Gasteiger partial charge in [-0.2, -0.15) is 0 Å². The van der Waals surface area contributed by atoms with Gasteiger partial charge >= 0.3 is 11.9 Å². The van der Waals surface area contributed by atoms with E-state index in [0.29, 0.717) is 5.56 Å². The van der Waals surface area contributed by atoms with Crippen molar-refractivity contribution in [1.82, 2.24) is 0 Å². The molecular formula is C24H29NO5. The Labute approximate surface area is 177 Å². The molecule has 1 unspecified atom stereocenters. The van der Waals surface area contributed by atoms with E-state index in [4.69, 9.17) is 15.2 Å². The lowest BCUT2D eigenvalue weighted by atomic mass is 9.96. The zero-order valence-corrected chi connectivity index (χ0v) is 18.1. The van der Waals surface area contributed by atoms with E-state index in [0.717, 1.165) is 5.56 Å². The SMILES string of the molecule is Cc1ccc(C(=O)Oc2cc(C(=O)C(N)C(C)C)ccc2OC(=O)CC(C)C)cc1. The lowest BCUT2D eigenvalue weighted by Crippen LogP contribution is -2.35. The molecule has 0 radical (unpaired) electrons. The highest BCUT2D eigenvalue weighted by atomic mass is 16.6. The third-order valence-electron chi connectivity index (χ3n) is 4.54. The van der Waals surface area contributed by atoms with Crippen molar-refractivity contribution in [1.29, 1.82) is 0 Å². The number of Topliss-reactive ketones (excluding diaryl/α,β-unsaturated/α-hetero) is 1. The Kier molecular flexibility index (Phi) is 7.89. The molecule has 6 heteroatoms. The molecule has 0 saturated carbocycles. The third kappa shape index (κ3) is 6.26. The molecule has 0 spiro atoms. The van der Waals surface area contributed by atoms with Gasteiger partial charge in [0, 0.05) is 12.0 Å². The van der Waals surface area contributed by atoms with Crippen LogP contribution in [0.15, 0.2) is 42.5 Å². The lowest BCUT2D eigenvalue weighted by Gasteiger charge is -2.16. The third-order valence-corrected chi connectivity index (χ3v) is 4.54. The van der Waals surface area contributed by atoms with Gasteiger partial charge in [-0.05, 0) is 49.1 Å². The molecule has 30 heavy (non-hydrogen) atoms. The van der Waals surface area contributed by atoms with Crippen LogP contribution in [0.5, 0.6) is 11.5 Å². The summed E-state index contributed by atoms with van der Waals surface area (Å²) in [5.74, 6) is -1.21. The van der Waals surface area contributed by atoms with Gasteiger partial charge in [0.05, 0.1) is 11.6 Å². The van der Waals surface area contributed by atoms with Gasteiger partial charge in [-0.15, -0.1) is 0 Å². The minimum Gasteiger partial charge on any atom is -0.423 e. The number of carbonyl (C=O) groups is 3. The van der Waals surface area contributed by atoms with Crippen LogP contribution in [-0.2, 0) is 4.79 Å². The van der Waals surface area contributed by atoms with Crippen LogP contribution in [0.4, 0.5) is 0 Å². The van der Waals surface area contributed by atoms with Crippen molar-refractivity contribution in [2.75, 3.05) is 0 Å². The Morgan fingerprint density at radius 2 is 1.47 bits per heavy atom. The molecular weight excluding hydrogens is 382 g/mol. The number of aryl methyl sites for hydroxylation is 1. The zero-order valence-electron chi connectivity index (χ0n) is 18.1. The Balaban J connectivity index is 2.36. The van der Waals surface area contributed by atoms with E-state index >= 15 is 0 Å². The molecule has 0 aliphatic heterocycles. The first-order valence-corrected chi connectivity index (χ1v) is 10.0. The van der Waals surface area contributed by atoms with Crippen LogP contribution >= 0.6 is 0 Å². The highest BCUT2D eigenvalue weighted by molar-refractivity contribution is 6.01. The fourth-order valence-corrected chi connectivity index (χ4v) is 2.67. The van der Waals surface area contributed by atoms with Gasteiger partial charge in [0.1, 0.15) is 0 Å². The molecule has 0 aliphatic carbocycles. The number of rotatable bonds is 8. The second kappa shape index (κ2) is 10.2. The summed E-state index contributed by atoms with van der Waals surface area (Å²) in [6.45, 7) is 9.41. The first-order valence-electron chi connectivity index (χ1n) is 10.0. The van der Waals surface area contributed by atoms with Crippen LogP contribution in [0.2, 0.25) is 0 Å². The van der Waals surface area contributed by atoms with Gasteiger partial charge in [0.15, 0.2) is 17.3 Å². The van der Waals surface area contributed by atoms with E-state index in [2.05, 4.69) is 0 Å². The molecule has 0 amide bonds. The summed E-state index contributed by atoms with van der Waals surface area (Å²) in [7, 11) is 0. The second-order valence-electron chi connectivity index (χ2n) is 8.12. The monoisotopic (exact) mass is 411 g/mol. The average molecular weight is 411 g/mol. The number of nitrogens with two attached hydrogens (primary N) is 1. The average Bonchev–Trinajstić information content (AvgIpc) is 2.67. The van der Waals surface area contributed by atoms with Gasteiger partial charge in [-0.25, -0.2) is 4.79 Å². The maximum absolute atomic E-state index is 12.6. The van der Waals surface area contributed by atoms with Crippen molar-refractivity contribution in [3.05, 3.63) is 59.2 Å². The zero-order chi connectivity index (χ0) is 22.4. The van der Waals surface area contributed by atoms with E-state index in [-0.39, 0.29) is 41.1 Å². The van der Waals surface area contributed by atoms with Crippen molar-refractivity contribution in [3.63, 3.8) is 0 Å². The molecule has 1 atom stereocenters. The highest BCUT2D eigenvalue weighted by Gasteiger charge is 2.23. The van der Waals surface area contributed by atoms with Crippen LogP contribution in [0.1, 0.15) is 60.4 Å². The molecule has 0 saturated heterocycles. The van der Waals surface area contributed by atoms with Crippen LogP contribution in [-0.4, -0.2) is 23.8 Å². The lowest BCUT2D eigenvalue weighted by molar-refractivity contribution is -0.135. The number of hydrogen-bond donors (Lipinski definition) is 1. The van der Waals surface area contributed by atoms with E-state index < -0.39 is 18.0 Å². The summed E-state index contributed by atoms with van der Waals surface area (Å²) >= 11 is 0. The molecule has 2 aromatic carbocycles. The summed E-state index contributed by atoms with van der Waals surface area (Å²) < 4.78 is 10.9. The van der Waals surface area contributed by atoms with Gasteiger partial charge in [0.2, 0.25) is 0 Å². The van der Waals surface area contributed by atoms with Crippen molar-refractivity contribution >= 4 is 17.7 Å². The van der Waals surface area contributed by atoms with Crippen molar-refractivity contribution < 1.29 is 23.9 Å². The number of ketones is 1. The van der Waals surface area contributed by atoms with E-state index in [9.17, 15) is 14.4 Å². The summed E-state index contributed by atoms with van der Waals surface area (Å²) in [6.07, 6.45) is 0.213. The summed E-state index contributed by atoms with van der Waals surface area (Å²) in [4.78, 5) is 37.4. The number of hydrogen-bond acceptors (Lipinski definition) is 6. The minimum absolute atomic E-state index is 0.000475. The van der Waals surface area contributed by atoms with Gasteiger partial charge in [0.25, 0.3) is 0 Å². The van der Waals surface area contributed by atoms with E-state index in [1.165, 1.54) is 18.2 Å². The predicted octanol–water partition coefficient (Wildman–Crippen LogP) is 4.33. The fraction of sp³-hybridized carbons (Fsp3) is 0.375. The minimum atomic E-state index is -0.694. The maximum atomic E-state index is 12.6. The van der Waals surface area contributed by atoms with Crippen molar-refractivity contribution in [3.8, 4) is 11.5 Å². The Morgan fingerprint density at radius 1 is 0.867 bits per heavy atom. The fourth-order valence-electron chi connectivity index (χ4n) is 2.67. The summed E-state index contributed by atoms with van der Waals surface area (Å²) in [5.41, 5.74) is 7.61. The molecule has 2 aromatic rings. The first-order chi connectivity index (χ1) is 14.1. The van der Waals surface area contributed by atoms with Crippen LogP contribution in [0.3, 0.4) is 0 Å². The van der Waals surface area contributed by atoms with E-state index in [1.807, 2.05) is 34.6 Å². The molecule has 2 rings (SSSR count). The normalized spacial score (nSPS) is 12.0. The van der Waals surface area contributed by atoms with Crippen LogP contribution in [0, 0.1) is 18.8 Å². The first kappa shape index (κ1) is 23.3. The second-order valence-corrected chi connectivity index (χ2v) is 8.12. The number of ether oxygens (including phenoxy) is 2. The van der Waals surface area contributed by atoms with Gasteiger partial charge < -0.3 is 15.2 Å².